The molecule has 22 heavy (non-hydrogen) atoms. The van der Waals surface area contributed by atoms with Crippen molar-refractivity contribution in [3.05, 3.63) is 64.6 Å². The summed E-state index contributed by atoms with van der Waals surface area (Å²) in [6, 6.07) is 15.0. The summed E-state index contributed by atoms with van der Waals surface area (Å²) in [7, 11) is -2.26. The van der Waals surface area contributed by atoms with Crippen LogP contribution in [0.3, 0.4) is 0 Å². The zero-order chi connectivity index (χ0) is 16.2. The van der Waals surface area contributed by atoms with Gasteiger partial charge in [-0.15, -0.1) is 0 Å². The van der Waals surface area contributed by atoms with Crippen LogP contribution in [0.5, 0.6) is 5.75 Å². The first kappa shape index (κ1) is 15.8. The highest BCUT2D eigenvalue weighted by Crippen LogP contribution is 2.22. The van der Waals surface area contributed by atoms with Crippen molar-refractivity contribution >= 4 is 15.9 Å². The zero-order valence-corrected chi connectivity index (χ0v) is 13.1. The lowest BCUT2D eigenvalue weighted by Crippen LogP contribution is -2.03. The Morgan fingerprint density at radius 3 is 2.18 bits per heavy atom. The molecule has 0 aliphatic rings. The molecular formula is C17H15NO3S. The van der Waals surface area contributed by atoms with E-state index in [-0.39, 0.29) is 9.80 Å². The molecule has 2 aromatic carbocycles. The second kappa shape index (κ2) is 6.46. The molecule has 0 aliphatic heterocycles. The standard InChI is InChI=1S/C17H15NO3S/c1-13-3-9-16(10-4-13)22(19,20)17(12-18)11-14-5-7-15(21-2)8-6-14/h3-11H,1-2H3/b17-11+. The quantitative estimate of drug-likeness (QED) is 0.812. The average Bonchev–Trinajstić information content (AvgIpc) is 2.53. The van der Waals surface area contributed by atoms with E-state index in [0.29, 0.717) is 11.3 Å². The topological polar surface area (TPSA) is 67.2 Å². The van der Waals surface area contributed by atoms with Crippen molar-refractivity contribution in [3.63, 3.8) is 0 Å². The summed E-state index contributed by atoms with van der Waals surface area (Å²) < 4.78 is 30.0. The molecule has 112 valence electrons. The summed E-state index contributed by atoms with van der Waals surface area (Å²) in [6.07, 6.45) is 1.36. The third-order valence-electron chi connectivity index (χ3n) is 3.14. The second-order valence-corrected chi connectivity index (χ2v) is 6.63. The Hall–Kier alpha value is -2.58. The first-order valence-electron chi connectivity index (χ1n) is 6.55. The molecule has 0 unspecified atom stereocenters. The molecule has 0 saturated carbocycles. The Balaban J connectivity index is 2.43. The number of nitrogens with zero attached hydrogens (tertiary/aromatic N) is 1. The highest BCUT2D eigenvalue weighted by Gasteiger charge is 2.20. The van der Waals surface area contributed by atoms with Gasteiger partial charge in [-0.3, -0.25) is 0 Å². The largest absolute Gasteiger partial charge is 0.497 e. The van der Waals surface area contributed by atoms with E-state index in [1.54, 1.807) is 49.6 Å². The molecule has 0 heterocycles. The second-order valence-electron chi connectivity index (χ2n) is 4.71. The van der Waals surface area contributed by atoms with Crippen molar-refractivity contribution in [2.75, 3.05) is 7.11 Å². The molecule has 2 aromatic rings. The van der Waals surface area contributed by atoms with Crippen LogP contribution in [0.4, 0.5) is 0 Å². The fraction of sp³-hybridized carbons (Fsp3) is 0.118. The van der Waals surface area contributed by atoms with Gasteiger partial charge in [0.1, 0.15) is 16.7 Å². The van der Waals surface area contributed by atoms with Crippen LogP contribution in [0, 0.1) is 18.3 Å². The minimum Gasteiger partial charge on any atom is -0.497 e. The van der Waals surface area contributed by atoms with Crippen molar-refractivity contribution in [2.45, 2.75) is 11.8 Å². The predicted octanol–water partition coefficient (Wildman–Crippen LogP) is 3.34. The van der Waals surface area contributed by atoms with Crippen molar-refractivity contribution in [1.29, 1.82) is 5.26 Å². The van der Waals surface area contributed by atoms with E-state index in [0.717, 1.165) is 5.56 Å². The summed E-state index contributed by atoms with van der Waals surface area (Å²) in [5.41, 5.74) is 1.57. The molecule has 0 spiro atoms. The van der Waals surface area contributed by atoms with Crippen LogP contribution in [0.2, 0.25) is 0 Å². The number of nitriles is 1. The number of allylic oxidation sites excluding steroid dienone is 1. The van der Waals surface area contributed by atoms with E-state index in [2.05, 4.69) is 0 Å². The molecule has 0 aliphatic carbocycles. The molecule has 0 atom stereocenters. The number of hydrogen-bond acceptors (Lipinski definition) is 4. The number of sulfone groups is 1. The molecule has 0 aromatic heterocycles. The average molecular weight is 313 g/mol. The van der Waals surface area contributed by atoms with Gasteiger partial charge in [0.15, 0.2) is 0 Å². The lowest BCUT2D eigenvalue weighted by atomic mass is 10.2. The molecular weight excluding hydrogens is 298 g/mol. The fourth-order valence-corrected chi connectivity index (χ4v) is 3.03. The van der Waals surface area contributed by atoms with Crippen LogP contribution >= 0.6 is 0 Å². The fourth-order valence-electron chi connectivity index (χ4n) is 1.87. The summed E-state index contributed by atoms with van der Waals surface area (Å²) in [4.78, 5) is -0.180. The smallest absolute Gasteiger partial charge is 0.216 e. The predicted molar refractivity (Wildman–Crippen MR) is 84.9 cm³/mol. The molecule has 0 radical (unpaired) electrons. The normalized spacial score (nSPS) is 11.8. The van der Waals surface area contributed by atoms with Gasteiger partial charge in [0.25, 0.3) is 0 Å². The van der Waals surface area contributed by atoms with Gasteiger partial charge in [-0.1, -0.05) is 29.8 Å². The van der Waals surface area contributed by atoms with Gasteiger partial charge in [-0.25, -0.2) is 8.42 Å². The minimum atomic E-state index is -3.81. The Bertz CT molecular complexity index is 827. The summed E-state index contributed by atoms with van der Waals surface area (Å²) in [6.45, 7) is 1.87. The van der Waals surface area contributed by atoms with Crippen molar-refractivity contribution in [3.8, 4) is 11.8 Å². The molecule has 0 amide bonds. The van der Waals surface area contributed by atoms with Gasteiger partial charge >= 0.3 is 0 Å². The SMILES string of the molecule is COc1ccc(/C=C(\C#N)S(=O)(=O)c2ccc(C)cc2)cc1. The Morgan fingerprint density at radius 1 is 1.09 bits per heavy atom. The van der Waals surface area contributed by atoms with Crippen LogP contribution in [0.25, 0.3) is 6.08 Å². The maximum absolute atomic E-state index is 12.5. The van der Waals surface area contributed by atoms with Crippen molar-refractivity contribution in [1.82, 2.24) is 0 Å². The van der Waals surface area contributed by atoms with E-state index < -0.39 is 9.84 Å². The van der Waals surface area contributed by atoms with Gasteiger partial charge in [-0.05, 0) is 42.8 Å². The van der Waals surface area contributed by atoms with E-state index in [9.17, 15) is 13.7 Å². The first-order chi connectivity index (χ1) is 10.5. The van der Waals surface area contributed by atoms with Crippen LogP contribution in [-0.2, 0) is 9.84 Å². The third-order valence-corrected chi connectivity index (χ3v) is 4.83. The van der Waals surface area contributed by atoms with Crippen LogP contribution in [-0.4, -0.2) is 15.5 Å². The maximum Gasteiger partial charge on any atom is 0.216 e. The molecule has 0 N–H and O–H groups in total. The number of benzene rings is 2. The number of aryl methyl sites for hydroxylation is 1. The summed E-state index contributed by atoms with van der Waals surface area (Å²) in [5, 5.41) is 9.22. The molecule has 5 heteroatoms. The van der Waals surface area contributed by atoms with E-state index in [4.69, 9.17) is 4.74 Å². The number of ether oxygens (including phenoxy) is 1. The molecule has 0 bridgehead atoms. The Labute approximate surface area is 130 Å². The number of rotatable bonds is 4. The zero-order valence-electron chi connectivity index (χ0n) is 12.3. The lowest BCUT2D eigenvalue weighted by Gasteiger charge is -2.04. The number of hydrogen-bond donors (Lipinski definition) is 0. The van der Waals surface area contributed by atoms with Gasteiger partial charge in [0.2, 0.25) is 9.84 Å². The third kappa shape index (κ3) is 3.35. The Morgan fingerprint density at radius 2 is 1.68 bits per heavy atom. The molecule has 0 saturated heterocycles. The number of methoxy groups -OCH3 is 1. The maximum atomic E-state index is 12.5. The Kier molecular flexibility index (Phi) is 4.64. The van der Waals surface area contributed by atoms with E-state index in [1.807, 2.05) is 6.92 Å². The van der Waals surface area contributed by atoms with Gasteiger partial charge in [0, 0.05) is 0 Å². The minimum absolute atomic E-state index is 0.111. The van der Waals surface area contributed by atoms with Crippen LogP contribution in [0.1, 0.15) is 11.1 Å². The van der Waals surface area contributed by atoms with E-state index >= 15 is 0 Å². The van der Waals surface area contributed by atoms with Crippen LogP contribution in [0.15, 0.2) is 58.3 Å². The van der Waals surface area contributed by atoms with Crippen molar-refractivity contribution < 1.29 is 13.2 Å². The monoisotopic (exact) mass is 313 g/mol. The molecule has 4 nitrogen and oxygen atoms in total. The molecule has 0 fully saturated rings. The lowest BCUT2D eigenvalue weighted by molar-refractivity contribution is 0.415. The van der Waals surface area contributed by atoms with Crippen molar-refractivity contribution in [2.24, 2.45) is 0 Å². The summed E-state index contributed by atoms with van der Waals surface area (Å²) >= 11 is 0. The van der Waals surface area contributed by atoms with E-state index in [1.165, 1.54) is 18.2 Å². The first-order valence-corrected chi connectivity index (χ1v) is 8.03. The molecule has 2 rings (SSSR count). The highest BCUT2D eigenvalue weighted by molar-refractivity contribution is 7.95. The van der Waals surface area contributed by atoms with Crippen LogP contribution < -0.4 is 4.74 Å². The highest BCUT2D eigenvalue weighted by atomic mass is 32.2. The van der Waals surface area contributed by atoms with Gasteiger partial charge in [0.05, 0.1) is 12.0 Å². The van der Waals surface area contributed by atoms with Gasteiger partial charge in [-0.2, -0.15) is 5.26 Å². The van der Waals surface area contributed by atoms with Gasteiger partial charge < -0.3 is 4.74 Å². The summed E-state index contributed by atoms with van der Waals surface area (Å²) in [5.74, 6) is 0.664.